The molecule has 2 aliphatic rings. The van der Waals surface area contributed by atoms with Gasteiger partial charge in [-0.3, -0.25) is 0 Å². The lowest BCUT2D eigenvalue weighted by molar-refractivity contribution is 0.403. The Kier molecular flexibility index (Phi) is 4.25. The minimum Gasteiger partial charge on any atom is -0.309 e. The smallest absolute Gasteiger partial charge is 0.133 e. The van der Waals surface area contributed by atoms with Crippen LogP contribution in [-0.4, -0.2) is 6.54 Å². The van der Waals surface area contributed by atoms with Crippen LogP contribution in [0.3, 0.4) is 0 Å². The van der Waals surface area contributed by atoms with Crippen molar-refractivity contribution < 1.29 is 13.2 Å². The van der Waals surface area contributed by atoms with Crippen LogP contribution in [0, 0.1) is 35.2 Å². The van der Waals surface area contributed by atoms with Crippen LogP contribution < -0.4 is 5.32 Å². The first-order valence-corrected chi connectivity index (χ1v) is 8.01. The molecule has 1 aromatic rings. The summed E-state index contributed by atoms with van der Waals surface area (Å²) in [4.78, 5) is 0. The second-order valence-corrected chi connectivity index (χ2v) is 6.40. The molecule has 0 aromatic heterocycles. The first-order valence-electron chi connectivity index (χ1n) is 8.01. The van der Waals surface area contributed by atoms with E-state index in [4.69, 9.17) is 0 Å². The van der Waals surface area contributed by atoms with Crippen LogP contribution in [0.4, 0.5) is 13.2 Å². The number of fused-ring (bicyclic) bond motifs is 1. The molecule has 3 atom stereocenters. The molecule has 3 rings (SSSR count). The molecule has 1 aromatic carbocycles. The number of hydrogen-bond donors (Lipinski definition) is 1. The molecular weight excluding hydrogens is 275 g/mol. The Hall–Kier alpha value is -1.03. The van der Waals surface area contributed by atoms with Crippen LogP contribution in [0.5, 0.6) is 0 Å². The molecule has 3 unspecified atom stereocenters. The van der Waals surface area contributed by atoms with Crippen molar-refractivity contribution in [2.75, 3.05) is 6.54 Å². The minimum absolute atomic E-state index is 0.0317. The summed E-state index contributed by atoms with van der Waals surface area (Å²) in [5.41, 5.74) is 0.0317. The molecule has 2 aliphatic carbocycles. The second kappa shape index (κ2) is 5.99. The Balaban J connectivity index is 1.89. The maximum atomic E-state index is 14.1. The van der Waals surface area contributed by atoms with Crippen molar-refractivity contribution >= 4 is 0 Å². The molecule has 0 radical (unpaired) electrons. The van der Waals surface area contributed by atoms with E-state index in [-0.39, 0.29) is 11.6 Å². The molecule has 4 heteroatoms. The van der Waals surface area contributed by atoms with Crippen molar-refractivity contribution in [1.82, 2.24) is 5.32 Å². The number of benzene rings is 1. The lowest BCUT2D eigenvalue weighted by Crippen LogP contribution is -2.27. The summed E-state index contributed by atoms with van der Waals surface area (Å²) in [5, 5.41) is 3.30. The topological polar surface area (TPSA) is 12.0 Å². The third-order valence-electron chi connectivity index (χ3n) is 5.08. The zero-order valence-corrected chi connectivity index (χ0v) is 12.3. The number of rotatable bonds is 5. The van der Waals surface area contributed by atoms with E-state index < -0.39 is 17.5 Å². The highest BCUT2D eigenvalue weighted by atomic mass is 19.1. The van der Waals surface area contributed by atoms with E-state index in [1.165, 1.54) is 12.8 Å². The van der Waals surface area contributed by atoms with E-state index in [9.17, 15) is 13.2 Å². The molecule has 116 valence electrons. The van der Waals surface area contributed by atoms with Crippen LogP contribution >= 0.6 is 0 Å². The number of nitrogens with one attached hydrogen (secondary N) is 1. The predicted molar refractivity (Wildman–Crippen MR) is 76.3 cm³/mol. The van der Waals surface area contributed by atoms with Crippen LogP contribution in [0.2, 0.25) is 0 Å². The Morgan fingerprint density at radius 2 is 1.67 bits per heavy atom. The Morgan fingerprint density at radius 1 is 1.10 bits per heavy atom. The van der Waals surface area contributed by atoms with Gasteiger partial charge in [0.15, 0.2) is 0 Å². The highest BCUT2D eigenvalue weighted by molar-refractivity contribution is 5.27. The SMILES string of the molecule is CCCNC(c1c(F)cc(F)cc1F)C1C2CCCCC21. The zero-order valence-electron chi connectivity index (χ0n) is 12.3. The summed E-state index contributed by atoms with van der Waals surface area (Å²) in [6, 6.07) is 1.27. The highest BCUT2D eigenvalue weighted by Crippen LogP contribution is 2.60. The van der Waals surface area contributed by atoms with E-state index >= 15 is 0 Å². The summed E-state index contributed by atoms with van der Waals surface area (Å²) < 4.78 is 41.4. The van der Waals surface area contributed by atoms with Gasteiger partial charge < -0.3 is 5.32 Å². The molecule has 0 saturated heterocycles. The van der Waals surface area contributed by atoms with Gasteiger partial charge in [-0.25, -0.2) is 13.2 Å². The minimum atomic E-state index is -0.851. The fourth-order valence-electron chi connectivity index (χ4n) is 4.12. The average molecular weight is 297 g/mol. The van der Waals surface area contributed by atoms with Crippen molar-refractivity contribution in [3.63, 3.8) is 0 Å². The fraction of sp³-hybridized carbons (Fsp3) is 0.647. The third-order valence-corrected chi connectivity index (χ3v) is 5.08. The standard InChI is InChI=1S/C17H22F3N/c1-2-7-21-17(15-11-5-3-4-6-12(11)15)16-13(19)8-10(18)9-14(16)20/h8-9,11-12,15,17,21H,2-7H2,1H3. The highest BCUT2D eigenvalue weighted by Gasteiger charge is 2.55. The molecule has 0 spiro atoms. The van der Waals surface area contributed by atoms with Gasteiger partial charge in [-0.15, -0.1) is 0 Å². The van der Waals surface area contributed by atoms with E-state index in [2.05, 4.69) is 5.32 Å². The molecule has 1 N–H and O–H groups in total. The normalized spacial score (nSPS) is 29.0. The van der Waals surface area contributed by atoms with E-state index in [1.54, 1.807) is 0 Å². The van der Waals surface area contributed by atoms with Crippen molar-refractivity contribution in [2.24, 2.45) is 17.8 Å². The van der Waals surface area contributed by atoms with Crippen LogP contribution in [0.15, 0.2) is 12.1 Å². The van der Waals surface area contributed by atoms with Crippen LogP contribution in [0.1, 0.15) is 50.6 Å². The Morgan fingerprint density at radius 3 is 2.19 bits per heavy atom. The molecule has 0 bridgehead atoms. The Labute approximate surface area is 123 Å². The van der Waals surface area contributed by atoms with Crippen molar-refractivity contribution in [2.45, 2.75) is 45.1 Å². The lowest BCUT2D eigenvalue weighted by atomic mass is 9.98. The van der Waals surface area contributed by atoms with Crippen molar-refractivity contribution in [3.8, 4) is 0 Å². The first-order chi connectivity index (χ1) is 10.1. The maximum absolute atomic E-state index is 14.1. The largest absolute Gasteiger partial charge is 0.309 e. The average Bonchev–Trinajstić information content (AvgIpc) is 3.15. The summed E-state index contributed by atoms with van der Waals surface area (Å²) in [5.74, 6) is -0.909. The molecular formula is C17H22F3N. The van der Waals surface area contributed by atoms with E-state index in [0.717, 1.165) is 37.9 Å². The maximum Gasteiger partial charge on any atom is 0.133 e. The van der Waals surface area contributed by atoms with Gasteiger partial charge in [0.25, 0.3) is 0 Å². The molecule has 2 fully saturated rings. The third kappa shape index (κ3) is 2.83. The summed E-state index contributed by atoms with van der Waals surface area (Å²) in [6.45, 7) is 2.75. The van der Waals surface area contributed by atoms with Crippen LogP contribution in [0.25, 0.3) is 0 Å². The number of halogens is 3. The Bertz CT molecular complexity index is 482. The summed E-state index contributed by atoms with van der Waals surface area (Å²) in [6.07, 6.45) is 5.65. The molecule has 0 aliphatic heterocycles. The monoisotopic (exact) mass is 297 g/mol. The van der Waals surface area contributed by atoms with Gasteiger partial charge >= 0.3 is 0 Å². The summed E-state index contributed by atoms with van der Waals surface area (Å²) >= 11 is 0. The van der Waals surface area contributed by atoms with Gasteiger partial charge in [0.1, 0.15) is 17.5 Å². The van der Waals surface area contributed by atoms with Gasteiger partial charge in [0, 0.05) is 23.7 Å². The number of hydrogen-bond acceptors (Lipinski definition) is 1. The van der Waals surface area contributed by atoms with Gasteiger partial charge in [-0.1, -0.05) is 19.8 Å². The van der Waals surface area contributed by atoms with Crippen molar-refractivity contribution in [1.29, 1.82) is 0 Å². The van der Waals surface area contributed by atoms with Gasteiger partial charge in [0.2, 0.25) is 0 Å². The van der Waals surface area contributed by atoms with E-state index in [1.807, 2.05) is 6.92 Å². The summed E-state index contributed by atoms with van der Waals surface area (Å²) in [7, 11) is 0. The molecule has 1 nitrogen and oxygen atoms in total. The second-order valence-electron chi connectivity index (χ2n) is 6.40. The quantitative estimate of drug-likeness (QED) is 0.838. The van der Waals surface area contributed by atoms with Gasteiger partial charge in [0.05, 0.1) is 0 Å². The van der Waals surface area contributed by atoms with Gasteiger partial charge in [-0.05, 0) is 43.6 Å². The lowest BCUT2D eigenvalue weighted by Gasteiger charge is -2.21. The predicted octanol–water partition coefficient (Wildman–Crippen LogP) is 4.58. The van der Waals surface area contributed by atoms with Crippen LogP contribution in [-0.2, 0) is 0 Å². The zero-order chi connectivity index (χ0) is 15.0. The van der Waals surface area contributed by atoms with Crippen molar-refractivity contribution in [3.05, 3.63) is 35.1 Å². The molecule has 2 saturated carbocycles. The van der Waals surface area contributed by atoms with Gasteiger partial charge in [-0.2, -0.15) is 0 Å². The molecule has 0 heterocycles. The fourth-order valence-corrected chi connectivity index (χ4v) is 4.12. The molecule has 21 heavy (non-hydrogen) atoms. The van der Waals surface area contributed by atoms with E-state index in [0.29, 0.717) is 17.8 Å². The molecule has 0 amide bonds. The first kappa shape index (κ1) is 14.9.